The lowest BCUT2D eigenvalue weighted by Gasteiger charge is -2.46. The van der Waals surface area contributed by atoms with Crippen LogP contribution < -0.4 is 5.32 Å². The summed E-state index contributed by atoms with van der Waals surface area (Å²) in [5, 5.41) is 2.97. The van der Waals surface area contributed by atoms with E-state index in [2.05, 4.69) is 19.2 Å². The minimum absolute atomic E-state index is 0.0506. The van der Waals surface area contributed by atoms with Gasteiger partial charge in [0.25, 0.3) is 0 Å². The summed E-state index contributed by atoms with van der Waals surface area (Å²) in [6.45, 7) is 8.13. The fraction of sp³-hybridized carbons (Fsp3) is 0.882. The average molecular weight is 292 g/mol. The van der Waals surface area contributed by atoms with Crippen molar-refractivity contribution in [3.05, 3.63) is 0 Å². The van der Waals surface area contributed by atoms with Crippen LogP contribution in [-0.4, -0.2) is 34.8 Å². The topological polar surface area (TPSA) is 49.4 Å². The third-order valence-corrected chi connectivity index (χ3v) is 5.22. The maximum absolute atomic E-state index is 13.0. The predicted molar refractivity (Wildman–Crippen MR) is 81.5 cm³/mol. The van der Waals surface area contributed by atoms with Gasteiger partial charge in [0.2, 0.25) is 11.8 Å². The second kappa shape index (κ2) is 5.29. The molecular weight excluding hydrogens is 264 g/mol. The Hall–Kier alpha value is -1.06. The standard InChI is InChI=1S/C17H28N2O2/c1-9(2)13-17(21)19(14(10(3)4)16(20)18-13)15(11-5-6-11)12-7-8-12/h9-15H,5-8H2,1-4H3,(H,18,20). The lowest BCUT2D eigenvalue weighted by atomic mass is 9.89. The molecule has 3 rings (SSSR count). The second-order valence-corrected chi connectivity index (χ2v) is 7.83. The van der Waals surface area contributed by atoms with E-state index < -0.39 is 0 Å². The molecule has 21 heavy (non-hydrogen) atoms. The fourth-order valence-electron chi connectivity index (χ4n) is 3.85. The van der Waals surface area contributed by atoms with Crippen LogP contribution in [0.4, 0.5) is 0 Å². The molecule has 3 fully saturated rings. The number of nitrogens with one attached hydrogen (secondary N) is 1. The monoisotopic (exact) mass is 292 g/mol. The van der Waals surface area contributed by atoms with Crippen molar-refractivity contribution in [1.29, 1.82) is 0 Å². The molecular formula is C17H28N2O2. The summed E-state index contributed by atoms with van der Waals surface area (Å²) < 4.78 is 0. The van der Waals surface area contributed by atoms with Gasteiger partial charge in [0, 0.05) is 6.04 Å². The van der Waals surface area contributed by atoms with Crippen molar-refractivity contribution in [1.82, 2.24) is 10.2 Å². The van der Waals surface area contributed by atoms with Gasteiger partial charge in [-0.25, -0.2) is 0 Å². The summed E-state index contributed by atoms with van der Waals surface area (Å²) in [7, 11) is 0. The Morgan fingerprint density at radius 2 is 1.48 bits per heavy atom. The van der Waals surface area contributed by atoms with Crippen LogP contribution in [0.5, 0.6) is 0 Å². The van der Waals surface area contributed by atoms with Gasteiger partial charge in [-0.2, -0.15) is 0 Å². The summed E-state index contributed by atoms with van der Waals surface area (Å²) in [5.74, 6) is 1.81. The number of rotatable bonds is 5. The molecule has 0 radical (unpaired) electrons. The van der Waals surface area contributed by atoms with E-state index in [1.165, 1.54) is 25.7 Å². The second-order valence-electron chi connectivity index (χ2n) is 7.83. The summed E-state index contributed by atoms with van der Waals surface area (Å²) in [5.41, 5.74) is 0. The summed E-state index contributed by atoms with van der Waals surface area (Å²) in [6, 6.07) is -0.302. The Labute approximate surface area is 127 Å². The molecule has 1 N–H and O–H groups in total. The first-order chi connectivity index (χ1) is 9.91. The van der Waals surface area contributed by atoms with Crippen molar-refractivity contribution < 1.29 is 9.59 Å². The van der Waals surface area contributed by atoms with Crippen molar-refractivity contribution in [3.63, 3.8) is 0 Å². The van der Waals surface area contributed by atoms with E-state index in [-0.39, 0.29) is 35.7 Å². The highest BCUT2D eigenvalue weighted by Crippen LogP contribution is 2.48. The largest absolute Gasteiger partial charge is 0.342 e. The highest BCUT2D eigenvalue weighted by Gasteiger charge is 2.53. The van der Waals surface area contributed by atoms with E-state index >= 15 is 0 Å². The van der Waals surface area contributed by atoms with Crippen molar-refractivity contribution in [2.24, 2.45) is 23.7 Å². The Morgan fingerprint density at radius 3 is 1.86 bits per heavy atom. The van der Waals surface area contributed by atoms with E-state index in [0.29, 0.717) is 17.9 Å². The first kappa shape index (κ1) is 14.9. The van der Waals surface area contributed by atoms with Crippen LogP contribution in [0.15, 0.2) is 0 Å². The average Bonchev–Trinajstić information content (AvgIpc) is 3.24. The van der Waals surface area contributed by atoms with Gasteiger partial charge in [-0.05, 0) is 49.4 Å². The lowest BCUT2D eigenvalue weighted by Crippen LogP contribution is -2.68. The van der Waals surface area contributed by atoms with E-state index in [4.69, 9.17) is 0 Å². The summed E-state index contributed by atoms with van der Waals surface area (Å²) in [4.78, 5) is 27.7. The summed E-state index contributed by atoms with van der Waals surface area (Å²) in [6.07, 6.45) is 4.90. The molecule has 0 spiro atoms. The normalized spacial score (nSPS) is 30.5. The molecule has 4 nitrogen and oxygen atoms in total. The van der Waals surface area contributed by atoms with Crippen LogP contribution in [0.25, 0.3) is 0 Å². The molecule has 1 aliphatic heterocycles. The van der Waals surface area contributed by atoms with Gasteiger partial charge in [-0.1, -0.05) is 27.7 Å². The zero-order valence-electron chi connectivity index (χ0n) is 13.6. The minimum Gasteiger partial charge on any atom is -0.342 e. The molecule has 1 saturated heterocycles. The van der Waals surface area contributed by atoms with Gasteiger partial charge in [0.05, 0.1) is 0 Å². The number of piperazine rings is 1. The zero-order valence-corrected chi connectivity index (χ0v) is 13.6. The third-order valence-electron chi connectivity index (χ3n) is 5.22. The molecule has 1 heterocycles. The van der Waals surface area contributed by atoms with Crippen LogP contribution in [0.3, 0.4) is 0 Å². The number of amides is 2. The third kappa shape index (κ3) is 2.69. The zero-order chi connectivity index (χ0) is 15.3. The lowest BCUT2D eigenvalue weighted by molar-refractivity contribution is -0.156. The van der Waals surface area contributed by atoms with E-state index in [0.717, 1.165) is 0 Å². The van der Waals surface area contributed by atoms with Crippen LogP contribution in [0, 0.1) is 23.7 Å². The van der Waals surface area contributed by atoms with Crippen molar-refractivity contribution in [2.75, 3.05) is 0 Å². The van der Waals surface area contributed by atoms with Crippen molar-refractivity contribution >= 4 is 11.8 Å². The maximum Gasteiger partial charge on any atom is 0.246 e. The first-order valence-corrected chi connectivity index (χ1v) is 8.54. The molecule has 118 valence electrons. The van der Waals surface area contributed by atoms with Crippen LogP contribution in [0.1, 0.15) is 53.4 Å². The van der Waals surface area contributed by atoms with Gasteiger partial charge < -0.3 is 10.2 Å². The van der Waals surface area contributed by atoms with Gasteiger partial charge in [0.15, 0.2) is 0 Å². The predicted octanol–water partition coefficient (Wildman–Crippen LogP) is 2.18. The molecule has 0 aromatic rings. The number of carbonyl (C=O) groups is 2. The Balaban J connectivity index is 1.93. The number of carbonyl (C=O) groups excluding carboxylic acids is 2. The van der Waals surface area contributed by atoms with Crippen LogP contribution in [-0.2, 0) is 9.59 Å². The molecule has 2 amide bonds. The molecule has 2 aliphatic carbocycles. The molecule has 2 atom stereocenters. The Kier molecular flexibility index (Phi) is 3.74. The fourth-order valence-corrected chi connectivity index (χ4v) is 3.85. The quantitative estimate of drug-likeness (QED) is 0.844. The van der Waals surface area contributed by atoms with E-state index in [9.17, 15) is 9.59 Å². The number of hydrogen-bond acceptors (Lipinski definition) is 2. The smallest absolute Gasteiger partial charge is 0.246 e. The molecule has 2 saturated carbocycles. The van der Waals surface area contributed by atoms with Gasteiger partial charge >= 0.3 is 0 Å². The maximum atomic E-state index is 13.0. The van der Waals surface area contributed by atoms with Crippen LogP contribution >= 0.6 is 0 Å². The molecule has 3 aliphatic rings. The van der Waals surface area contributed by atoms with Crippen molar-refractivity contribution in [2.45, 2.75) is 71.5 Å². The molecule has 0 aromatic carbocycles. The van der Waals surface area contributed by atoms with Gasteiger partial charge in [0.1, 0.15) is 12.1 Å². The van der Waals surface area contributed by atoms with E-state index in [1.54, 1.807) is 0 Å². The Morgan fingerprint density at radius 1 is 0.952 bits per heavy atom. The highest BCUT2D eigenvalue weighted by atomic mass is 16.2. The van der Waals surface area contributed by atoms with Crippen LogP contribution in [0.2, 0.25) is 0 Å². The highest BCUT2D eigenvalue weighted by molar-refractivity contribution is 5.97. The Bertz CT molecular complexity index is 426. The molecule has 0 bridgehead atoms. The van der Waals surface area contributed by atoms with E-state index in [1.807, 2.05) is 18.7 Å². The first-order valence-electron chi connectivity index (χ1n) is 8.54. The molecule has 4 heteroatoms. The van der Waals surface area contributed by atoms with Gasteiger partial charge in [-0.3, -0.25) is 9.59 Å². The molecule has 0 aromatic heterocycles. The number of hydrogen-bond donors (Lipinski definition) is 1. The summed E-state index contributed by atoms with van der Waals surface area (Å²) >= 11 is 0. The van der Waals surface area contributed by atoms with Crippen molar-refractivity contribution in [3.8, 4) is 0 Å². The number of nitrogens with zero attached hydrogens (tertiary/aromatic N) is 1. The SMILES string of the molecule is CC(C)C1NC(=O)C(C(C)C)N(C(C2CC2)C2CC2)C1=O. The minimum atomic E-state index is -0.340. The molecule has 2 unspecified atom stereocenters. The van der Waals surface area contributed by atoms with Gasteiger partial charge in [-0.15, -0.1) is 0 Å².